The van der Waals surface area contributed by atoms with Crippen molar-refractivity contribution in [2.45, 2.75) is 69.9 Å². The van der Waals surface area contributed by atoms with Gasteiger partial charge in [0.2, 0.25) is 5.89 Å². The Bertz CT molecular complexity index is 2340. The number of aromatic nitrogens is 1. The van der Waals surface area contributed by atoms with E-state index in [0.717, 1.165) is 40.8 Å². The van der Waals surface area contributed by atoms with Crippen LogP contribution in [0.15, 0.2) is 59.0 Å². The topological polar surface area (TPSA) is 141 Å². The number of aliphatic carboxylic acids is 1. The van der Waals surface area contributed by atoms with Crippen LogP contribution in [0.2, 0.25) is 10.0 Å². The maximum absolute atomic E-state index is 15.8. The fraction of sp³-hybridized carbons (Fsp3) is 0.341. The number of nitrogens with zero attached hydrogens (tertiary/aromatic N) is 3. The van der Waals surface area contributed by atoms with Gasteiger partial charge in [0.1, 0.15) is 39.8 Å². The number of nitriles is 1. The number of rotatable bonds is 12. The number of hydrogen-bond acceptors (Lipinski definition) is 9. The molecule has 2 heterocycles. The van der Waals surface area contributed by atoms with Gasteiger partial charge in [-0.3, -0.25) is 15.0 Å². The molecule has 278 valence electrons. The van der Waals surface area contributed by atoms with Crippen molar-refractivity contribution in [3.05, 3.63) is 98.3 Å². The van der Waals surface area contributed by atoms with E-state index in [9.17, 15) is 20.3 Å². The fourth-order valence-electron chi connectivity index (χ4n) is 7.65. The van der Waals surface area contributed by atoms with Crippen LogP contribution in [0.3, 0.4) is 0 Å². The van der Waals surface area contributed by atoms with Crippen LogP contribution in [0.1, 0.15) is 66.5 Å². The van der Waals surface area contributed by atoms with Gasteiger partial charge in [-0.25, -0.2) is 9.37 Å². The van der Waals surface area contributed by atoms with E-state index in [-0.39, 0.29) is 41.3 Å². The number of ether oxygens (including phenoxy) is 2. The van der Waals surface area contributed by atoms with Crippen molar-refractivity contribution >= 4 is 40.3 Å². The van der Waals surface area contributed by atoms with Gasteiger partial charge in [0, 0.05) is 43.4 Å². The molecule has 1 aromatic heterocycles. The first-order valence-corrected chi connectivity index (χ1v) is 18.8. The zero-order valence-electron chi connectivity index (χ0n) is 29.4. The summed E-state index contributed by atoms with van der Waals surface area (Å²) in [7, 11) is 0. The molecule has 5 aromatic rings. The van der Waals surface area contributed by atoms with Crippen molar-refractivity contribution in [1.29, 1.82) is 5.26 Å². The van der Waals surface area contributed by atoms with E-state index in [4.69, 9.17) is 42.1 Å². The molecule has 1 saturated carbocycles. The summed E-state index contributed by atoms with van der Waals surface area (Å²) < 4.78 is 34.2. The Morgan fingerprint density at radius 1 is 1.11 bits per heavy atom. The molecule has 1 saturated heterocycles. The van der Waals surface area contributed by atoms with Gasteiger partial charge in [0.25, 0.3) is 0 Å². The second-order valence-corrected chi connectivity index (χ2v) is 14.9. The molecule has 10 nitrogen and oxygen atoms in total. The molecule has 2 fully saturated rings. The predicted octanol–water partition coefficient (Wildman–Crippen LogP) is 8.22. The maximum atomic E-state index is 15.8. The zero-order chi connectivity index (χ0) is 37.7. The van der Waals surface area contributed by atoms with E-state index in [1.807, 2.05) is 48.5 Å². The highest BCUT2D eigenvalue weighted by Crippen LogP contribution is 2.46. The summed E-state index contributed by atoms with van der Waals surface area (Å²) in [4.78, 5) is 18.6. The highest BCUT2D eigenvalue weighted by Gasteiger charge is 2.50. The number of oxazole rings is 1. The van der Waals surface area contributed by atoms with E-state index in [1.54, 1.807) is 13.0 Å². The summed E-state index contributed by atoms with van der Waals surface area (Å²) in [6, 6.07) is 19.1. The van der Waals surface area contributed by atoms with Gasteiger partial charge in [-0.15, -0.1) is 0 Å². The molecule has 0 radical (unpaired) electrons. The van der Waals surface area contributed by atoms with Gasteiger partial charge in [0.05, 0.1) is 28.9 Å². The smallest absolute Gasteiger partial charge is 0.323 e. The lowest BCUT2D eigenvalue weighted by Crippen LogP contribution is -2.38. The number of nitrogens with one attached hydrogen (secondary N) is 1. The zero-order valence-corrected chi connectivity index (χ0v) is 30.9. The molecular formula is C41H37Cl2FN4O6. The number of carboxylic acids is 1. The standard InChI is InChI=1S/C41H37Cl2FN4O6/c1-2-52-33-17-34(36(43)37(44)30(33)19-46-41(12-13-41)40(50)51)53-32-10-9-26-25(5-3-6-27(26)32)28-7-4-8-29(35(28)42)39-47-31-16-22(15-23(18-45)38(31)54-39)20-48-14-11-24(49)21-48/h3-8,15-17,24,32,46,49H,2,9-14,19-21H2,1H3,(H,50,51). The van der Waals surface area contributed by atoms with Crippen molar-refractivity contribution < 1.29 is 33.3 Å². The number of β-amino-alcohol motifs (C(OH)–C–C–N with tert-alkyl or cyclic N) is 1. The Balaban J connectivity index is 1.07. The number of carboxylic acid groups (broad SMARTS) is 1. The lowest BCUT2D eigenvalue weighted by Gasteiger charge is -2.21. The predicted molar refractivity (Wildman–Crippen MR) is 201 cm³/mol. The first-order valence-electron chi connectivity index (χ1n) is 18.0. The van der Waals surface area contributed by atoms with Crippen LogP contribution in [0.25, 0.3) is 33.7 Å². The van der Waals surface area contributed by atoms with E-state index in [2.05, 4.69) is 16.3 Å². The molecule has 1 aliphatic heterocycles. The van der Waals surface area contributed by atoms with Crippen LogP contribution in [0, 0.1) is 17.1 Å². The summed E-state index contributed by atoms with van der Waals surface area (Å²) in [6.45, 7) is 3.96. The number of aliphatic hydroxyl groups excluding tert-OH is 1. The maximum Gasteiger partial charge on any atom is 0.323 e. The number of fused-ring (bicyclic) bond motifs is 2. The van der Waals surface area contributed by atoms with Crippen molar-refractivity contribution in [2.24, 2.45) is 0 Å². The second-order valence-electron chi connectivity index (χ2n) is 14.1. The summed E-state index contributed by atoms with van der Waals surface area (Å²) in [6.07, 6.45) is 2.16. The molecule has 0 bridgehead atoms. The van der Waals surface area contributed by atoms with Crippen molar-refractivity contribution in [1.82, 2.24) is 15.2 Å². The molecule has 3 aliphatic rings. The Morgan fingerprint density at radius 2 is 1.89 bits per heavy atom. The van der Waals surface area contributed by atoms with Crippen molar-refractivity contribution in [3.8, 4) is 40.1 Å². The monoisotopic (exact) mass is 770 g/mol. The van der Waals surface area contributed by atoms with E-state index < -0.39 is 23.4 Å². The number of benzene rings is 4. The van der Waals surface area contributed by atoms with Crippen LogP contribution in [0.4, 0.5) is 4.39 Å². The summed E-state index contributed by atoms with van der Waals surface area (Å²) in [5.74, 6) is -1.01. The normalized spacial score (nSPS) is 18.8. The molecule has 2 aliphatic carbocycles. The molecular weight excluding hydrogens is 734 g/mol. The van der Waals surface area contributed by atoms with Gasteiger partial charge in [-0.2, -0.15) is 5.26 Å². The van der Waals surface area contributed by atoms with Crippen LogP contribution >= 0.6 is 23.2 Å². The number of likely N-dealkylation sites (tertiary alicyclic amines) is 1. The molecule has 2 unspecified atom stereocenters. The Hall–Kier alpha value is -4.70. The van der Waals surface area contributed by atoms with Gasteiger partial charge in [0.15, 0.2) is 11.4 Å². The third-order valence-electron chi connectivity index (χ3n) is 10.6. The third kappa shape index (κ3) is 6.67. The quantitative estimate of drug-likeness (QED) is 0.114. The van der Waals surface area contributed by atoms with Crippen LogP contribution in [0.5, 0.6) is 11.5 Å². The van der Waals surface area contributed by atoms with Crippen LogP contribution < -0.4 is 14.8 Å². The van der Waals surface area contributed by atoms with E-state index in [1.165, 1.54) is 0 Å². The minimum absolute atomic E-state index is 0.0580. The van der Waals surface area contributed by atoms with Crippen molar-refractivity contribution in [3.63, 3.8) is 0 Å². The highest BCUT2D eigenvalue weighted by atomic mass is 35.5. The minimum Gasteiger partial charge on any atom is -0.493 e. The number of hydrogen-bond donors (Lipinski definition) is 3. The number of halogens is 3. The van der Waals surface area contributed by atoms with Gasteiger partial charge in [-0.1, -0.05) is 53.5 Å². The Labute approximate surface area is 321 Å². The van der Waals surface area contributed by atoms with Crippen LogP contribution in [-0.2, 0) is 24.3 Å². The Morgan fingerprint density at radius 3 is 2.61 bits per heavy atom. The molecule has 0 amide bonds. The average molecular weight is 772 g/mol. The first-order chi connectivity index (χ1) is 26.1. The molecule has 3 N–H and O–H groups in total. The Kier molecular flexibility index (Phi) is 9.75. The fourth-order valence-corrected chi connectivity index (χ4v) is 8.17. The summed E-state index contributed by atoms with van der Waals surface area (Å²) in [5, 5.41) is 32.7. The van der Waals surface area contributed by atoms with E-state index in [0.29, 0.717) is 71.9 Å². The number of carbonyl (C=O) groups is 1. The second kappa shape index (κ2) is 14.5. The highest BCUT2D eigenvalue weighted by molar-refractivity contribution is 6.36. The summed E-state index contributed by atoms with van der Waals surface area (Å²) >= 11 is 13.7. The largest absolute Gasteiger partial charge is 0.493 e. The van der Waals surface area contributed by atoms with Gasteiger partial charge < -0.3 is 24.1 Å². The van der Waals surface area contributed by atoms with Gasteiger partial charge in [-0.05, 0) is 79.5 Å². The molecule has 8 rings (SSSR count). The molecule has 4 aromatic carbocycles. The third-order valence-corrected chi connectivity index (χ3v) is 11.4. The number of aliphatic hydroxyl groups is 1. The first kappa shape index (κ1) is 36.3. The SMILES string of the molecule is CCOc1cc(OC2CCc3c(-c4cccc(-c5nc6cc(CN7CCC(O)C7)cc(C#N)c6o5)c4Cl)cccc32)c(Cl)c(F)c1CNC1(C(=O)O)CC1. The molecule has 2 atom stereocenters. The lowest BCUT2D eigenvalue weighted by molar-refractivity contribution is -0.140. The summed E-state index contributed by atoms with van der Waals surface area (Å²) in [5.41, 5.74) is 5.56. The average Bonchev–Trinajstić information content (AvgIpc) is 3.42. The van der Waals surface area contributed by atoms with Gasteiger partial charge >= 0.3 is 5.97 Å². The minimum atomic E-state index is -1.06. The van der Waals surface area contributed by atoms with E-state index >= 15 is 4.39 Å². The van der Waals surface area contributed by atoms with Crippen molar-refractivity contribution in [2.75, 3.05) is 19.7 Å². The lowest BCUT2D eigenvalue weighted by atomic mass is 9.95. The molecule has 13 heteroatoms. The molecule has 54 heavy (non-hydrogen) atoms. The van der Waals surface area contributed by atoms with Crippen LogP contribution in [-0.4, -0.2) is 57.4 Å². The molecule has 0 spiro atoms.